The highest BCUT2D eigenvalue weighted by Gasteiger charge is 2.18. The Kier molecular flexibility index (Phi) is 6.57. The Bertz CT molecular complexity index is 1100. The molecule has 0 aliphatic rings. The molecule has 5 nitrogen and oxygen atoms in total. The van der Waals surface area contributed by atoms with Crippen LogP contribution in [0.3, 0.4) is 0 Å². The zero-order valence-corrected chi connectivity index (χ0v) is 17.8. The fourth-order valence-electron chi connectivity index (χ4n) is 3.11. The van der Waals surface area contributed by atoms with Crippen LogP contribution < -0.4 is 0 Å². The molecule has 0 atom stereocenters. The van der Waals surface area contributed by atoms with Crippen molar-refractivity contribution < 1.29 is 9.32 Å². The van der Waals surface area contributed by atoms with Crippen LogP contribution in [0.25, 0.3) is 11.4 Å². The topological polar surface area (TPSA) is 59.2 Å². The minimum Gasteiger partial charge on any atom is -0.339 e. The van der Waals surface area contributed by atoms with Gasteiger partial charge in [0.2, 0.25) is 11.7 Å². The standard InChI is InChI=1S/C23H20ClN3O2S/c24-19-9-4-8-18(16-19)22-25-21(29-26-22)12-14-27(23(28)20-10-5-15-30-20)13-11-17-6-2-1-3-7-17/h1-10,15-16H,11-14H2. The number of benzene rings is 2. The first-order valence-electron chi connectivity index (χ1n) is 9.64. The van der Waals surface area contributed by atoms with E-state index < -0.39 is 0 Å². The van der Waals surface area contributed by atoms with Gasteiger partial charge < -0.3 is 9.42 Å². The van der Waals surface area contributed by atoms with Gasteiger partial charge in [-0.05, 0) is 35.6 Å². The van der Waals surface area contributed by atoms with Gasteiger partial charge in [0.15, 0.2) is 0 Å². The molecule has 2 heterocycles. The van der Waals surface area contributed by atoms with Gasteiger partial charge in [-0.25, -0.2) is 0 Å². The molecule has 0 fully saturated rings. The van der Waals surface area contributed by atoms with Gasteiger partial charge in [0.05, 0.1) is 4.88 Å². The number of aromatic nitrogens is 2. The van der Waals surface area contributed by atoms with Gasteiger partial charge in [0, 0.05) is 30.1 Å². The molecule has 152 valence electrons. The number of hydrogen-bond acceptors (Lipinski definition) is 5. The molecule has 0 saturated carbocycles. The molecule has 4 rings (SSSR count). The second-order valence-electron chi connectivity index (χ2n) is 6.78. The van der Waals surface area contributed by atoms with Crippen molar-refractivity contribution in [3.63, 3.8) is 0 Å². The largest absolute Gasteiger partial charge is 0.339 e. The lowest BCUT2D eigenvalue weighted by molar-refractivity contribution is 0.0761. The number of carbonyl (C=O) groups is 1. The molecule has 0 saturated heterocycles. The zero-order chi connectivity index (χ0) is 20.8. The van der Waals surface area contributed by atoms with Crippen molar-refractivity contribution in [1.82, 2.24) is 15.0 Å². The third-order valence-corrected chi connectivity index (χ3v) is 5.77. The third kappa shape index (κ3) is 5.14. The lowest BCUT2D eigenvalue weighted by atomic mass is 10.1. The van der Waals surface area contributed by atoms with Crippen LogP contribution in [0.15, 0.2) is 76.6 Å². The second-order valence-corrected chi connectivity index (χ2v) is 8.16. The van der Waals surface area contributed by atoms with E-state index in [2.05, 4.69) is 22.3 Å². The second kappa shape index (κ2) is 9.69. The lowest BCUT2D eigenvalue weighted by Gasteiger charge is -2.21. The molecule has 0 bridgehead atoms. The molecule has 0 unspecified atom stereocenters. The molecule has 2 aromatic heterocycles. The average molecular weight is 438 g/mol. The minimum absolute atomic E-state index is 0.0236. The normalized spacial score (nSPS) is 10.8. The summed E-state index contributed by atoms with van der Waals surface area (Å²) in [6, 6.07) is 21.2. The van der Waals surface area contributed by atoms with Gasteiger partial charge in [-0.2, -0.15) is 4.98 Å². The first-order valence-corrected chi connectivity index (χ1v) is 10.9. The highest BCUT2D eigenvalue weighted by atomic mass is 35.5. The van der Waals surface area contributed by atoms with Crippen LogP contribution in [0, 0.1) is 0 Å². The molecule has 4 aromatic rings. The summed E-state index contributed by atoms with van der Waals surface area (Å²) in [6.07, 6.45) is 1.27. The lowest BCUT2D eigenvalue weighted by Crippen LogP contribution is -2.34. The first-order chi connectivity index (χ1) is 14.7. The Balaban J connectivity index is 1.44. The Labute approximate surface area is 183 Å². The van der Waals surface area contributed by atoms with E-state index in [-0.39, 0.29) is 5.91 Å². The first kappa shape index (κ1) is 20.3. The summed E-state index contributed by atoms with van der Waals surface area (Å²) in [5.41, 5.74) is 2.00. The molecule has 30 heavy (non-hydrogen) atoms. The third-order valence-electron chi connectivity index (χ3n) is 4.68. The summed E-state index contributed by atoms with van der Waals surface area (Å²) in [7, 11) is 0. The average Bonchev–Trinajstić information content (AvgIpc) is 3.47. The van der Waals surface area contributed by atoms with E-state index in [4.69, 9.17) is 16.1 Å². The summed E-state index contributed by atoms with van der Waals surface area (Å²) in [5, 5.41) is 6.58. The highest BCUT2D eigenvalue weighted by Crippen LogP contribution is 2.20. The molecule has 0 N–H and O–H groups in total. The number of nitrogens with zero attached hydrogens (tertiary/aromatic N) is 3. The fourth-order valence-corrected chi connectivity index (χ4v) is 3.99. The Morgan fingerprint density at radius 1 is 1.00 bits per heavy atom. The molecule has 0 spiro atoms. The maximum absolute atomic E-state index is 13.0. The van der Waals surface area contributed by atoms with Crippen LogP contribution in [0.1, 0.15) is 21.1 Å². The van der Waals surface area contributed by atoms with Crippen molar-refractivity contribution in [3.8, 4) is 11.4 Å². The van der Waals surface area contributed by atoms with Crippen molar-refractivity contribution >= 4 is 28.8 Å². The molecule has 7 heteroatoms. The van der Waals surface area contributed by atoms with E-state index in [0.717, 1.165) is 16.9 Å². The maximum Gasteiger partial charge on any atom is 0.263 e. The van der Waals surface area contributed by atoms with Crippen LogP contribution >= 0.6 is 22.9 Å². The summed E-state index contributed by atoms with van der Waals surface area (Å²) in [6.45, 7) is 1.12. The number of hydrogen-bond donors (Lipinski definition) is 0. The monoisotopic (exact) mass is 437 g/mol. The van der Waals surface area contributed by atoms with E-state index in [1.54, 1.807) is 12.1 Å². The molecule has 0 aliphatic heterocycles. The Morgan fingerprint density at radius 2 is 1.83 bits per heavy atom. The van der Waals surface area contributed by atoms with Crippen molar-refractivity contribution in [3.05, 3.63) is 93.5 Å². The molecule has 2 aromatic carbocycles. The predicted molar refractivity (Wildman–Crippen MR) is 119 cm³/mol. The number of halogens is 1. The SMILES string of the molecule is O=C(c1cccs1)N(CCc1ccccc1)CCc1nc(-c2cccc(Cl)c2)no1. The Hall–Kier alpha value is -2.96. The van der Waals surface area contributed by atoms with E-state index in [9.17, 15) is 4.79 Å². The molecular formula is C23H20ClN3O2S. The summed E-state index contributed by atoms with van der Waals surface area (Å²) in [5.74, 6) is 1.01. The van der Waals surface area contributed by atoms with Crippen molar-refractivity contribution in [2.45, 2.75) is 12.8 Å². The molecule has 0 aliphatic carbocycles. The van der Waals surface area contributed by atoms with Crippen LogP contribution in [0.4, 0.5) is 0 Å². The smallest absolute Gasteiger partial charge is 0.263 e. The van der Waals surface area contributed by atoms with E-state index in [1.807, 2.05) is 52.7 Å². The van der Waals surface area contributed by atoms with Gasteiger partial charge in [0.1, 0.15) is 0 Å². The van der Waals surface area contributed by atoms with Crippen LogP contribution in [-0.2, 0) is 12.8 Å². The van der Waals surface area contributed by atoms with Crippen LogP contribution in [0.2, 0.25) is 5.02 Å². The van der Waals surface area contributed by atoms with Gasteiger partial charge in [0.25, 0.3) is 5.91 Å². The fraction of sp³-hybridized carbons (Fsp3) is 0.174. The number of carbonyl (C=O) groups excluding carboxylic acids is 1. The quantitative estimate of drug-likeness (QED) is 0.371. The number of rotatable bonds is 8. The summed E-state index contributed by atoms with van der Waals surface area (Å²) in [4.78, 5) is 20.0. The molecule has 0 radical (unpaired) electrons. The van der Waals surface area contributed by atoms with Gasteiger partial charge >= 0.3 is 0 Å². The van der Waals surface area contributed by atoms with Crippen molar-refractivity contribution in [1.29, 1.82) is 0 Å². The number of thiophene rings is 1. The summed E-state index contributed by atoms with van der Waals surface area (Å²) >= 11 is 7.49. The van der Waals surface area contributed by atoms with Gasteiger partial charge in [-0.3, -0.25) is 4.79 Å². The highest BCUT2D eigenvalue weighted by molar-refractivity contribution is 7.12. The Morgan fingerprint density at radius 3 is 2.60 bits per heavy atom. The van der Waals surface area contributed by atoms with Gasteiger partial charge in [-0.1, -0.05) is 65.3 Å². The predicted octanol–water partition coefficient (Wildman–Crippen LogP) is 5.38. The summed E-state index contributed by atoms with van der Waals surface area (Å²) < 4.78 is 5.40. The maximum atomic E-state index is 13.0. The van der Waals surface area contributed by atoms with E-state index >= 15 is 0 Å². The van der Waals surface area contributed by atoms with Crippen LogP contribution in [-0.4, -0.2) is 34.0 Å². The van der Waals surface area contributed by atoms with Crippen LogP contribution in [0.5, 0.6) is 0 Å². The molecule has 1 amide bonds. The van der Waals surface area contributed by atoms with E-state index in [1.165, 1.54) is 16.9 Å². The minimum atomic E-state index is 0.0236. The molecular weight excluding hydrogens is 418 g/mol. The van der Waals surface area contributed by atoms with E-state index in [0.29, 0.717) is 36.2 Å². The van der Waals surface area contributed by atoms with Crippen molar-refractivity contribution in [2.24, 2.45) is 0 Å². The zero-order valence-electron chi connectivity index (χ0n) is 16.2. The van der Waals surface area contributed by atoms with Crippen molar-refractivity contribution in [2.75, 3.05) is 13.1 Å². The number of amides is 1. The van der Waals surface area contributed by atoms with Gasteiger partial charge in [-0.15, -0.1) is 11.3 Å².